The fourth-order valence-electron chi connectivity index (χ4n) is 5.43. The zero-order valence-corrected chi connectivity index (χ0v) is 28.0. The Labute approximate surface area is 259 Å². The lowest BCUT2D eigenvalue weighted by Gasteiger charge is -2.33. The summed E-state index contributed by atoms with van der Waals surface area (Å²) in [6, 6.07) is 0. The van der Waals surface area contributed by atoms with Crippen molar-refractivity contribution in [3.63, 3.8) is 0 Å². The van der Waals surface area contributed by atoms with E-state index in [1.165, 1.54) is 20.3 Å². The van der Waals surface area contributed by atoms with Crippen molar-refractivity contribution in [2.75, 3.05) is 14.2 Å². The van der Waals surface area contributed by atoms with Gasteiger partial charge in [0.2, 0.25) is 5.76 Å². The Morgan fingerprint density at radius 2 is 1.70 bits per heavy atom. The van der Waals surface area contributed by atoms with E-state index in [0.717, 1.165) is 11.1 Å². The topological polar surface area (TPSA) is 123 Å². The molecule has 43 heavy (non-hydrogen) atoms. The summed E-state index contributed by atoms with van der Waals surface area (Å²) in [6.45, 7) is 16.7. The van der Waals surface area contributed by atoms with Gasteiger partial charge in [0, 0.05) is 30.8 Å². The monoisotopic (exact) mass is 604 g/mol. The lowest BCUT2D eigenvalue weighted by Crippen LogP contribution is -2.45. The number of aliphatic hydroxyl groups is 3. The summed E-state index contributed by atoms with van der Waals surface area (Å²) in [5, 5.41) is 32.5. The lowest BCUT2D eigenvalue weighted by molar-refractivity contribution is -0.162. The number of aliphatic hydroxyl groups excluding tert-OH is 3. The molecule has 8 nitrogen and oxygen atoms in total. The largest absolute Gasteiger partial charge is 0.490 e. The minimum atomic E-state index is -1.17. The Hall–Kier alpha value is -2.52. The maximum Gasteiger partial charge on any atom is 0.373 e. The maximum absolute atomic E-state index is 13.4. The van der Waals surface area contributed by atoms with Crippen LogP contribution in [-0.4, -0.2) is 71.8 Å². The van der Waals surface area contributed by atoms with E-state index in [1.807, 2.05) is 66.7 Å². The number of methoxy groups -OCH3 is 2. The molecule has 1 rings (SSSR count). The quantitative estimate of drug-likeness (QED) is 0.226. The highest BCUT2D eigenvalue weighted by Gasteiger charge is 2.38. The van der Waals surface area contributed by atoms with Crippen LogP contribution in [0.5, 0.6) is 0 Å². The molecule has 0 saturated carbocycles. The molecular weight excluding hydrogens is 548 g/mol. The Kier molecular flexibility index (Phi) is 16.4. The van der Waals surface area contributed by atoms with Crippen molar-refractivity contribution in [3.05, 3.63) is 59.4 Å². The minimum Gasteiger partial charge on any atom is -0.490 e. The summed E-state index contributed by atoms with van der Waals surface area (Å²) in [5.74, 6) is -2.96. The van der Waals surface area contributed by atoms with Crippen LogP contribution in [0.25, 0.3) is 0 Å². The van der Waals surface area contributed by atoms with Crippen molar-refractivity contribution in [1.82, 2.24) is 0 Å². The molecule has 0 fully saturated rings. The average Bonchev–Trinajstić information content (AvgIpc) is 2.96. The molecule has 0 aromatic carbocycles. The number of esters is 1. The zero-order valence-electron chi connectivity index (χ0n) is 28.0. The standard InChI is InChI=1S/C35H56O8/c1-20(2)31(37)23(5)15-16-28(36)26(8)33(39)27(9)34-29(41-10)14-12-13-21(3)17-24(6)32(38)25(7)18-22(4)19-30(42-11)35(40)43-34/h12-16,18-20,23-27,29,31-34,37-39H,17H2,1-11H3/b14-12-,16-15+,21-13-,22-18-,30-19+/t23-,24-,25+,26+,27-,29-,31+,32-,33-,34+/m0/s1. The Morgan fingerprint density at radius 1 is 1.07 bits per heavy atom. The molecule has 1 heterocycles. The maximum atomic E-state index is 13.4. The van der Waals surface area contributed by atoms with Crippen LogP contribution in [0, 0.1) is 35.5 Å². The first-order chi connectivity index (χ1) is 20.0. The molecule has 244 valence electrons. The number of ether oxygens (including phenoxy) is 3. The molecule has 0 saturated heterocycles. The smallest absolute Gasteiger partial charge is 0.373 e. The van der Waals surface area contributed by atoms with Crippen LogP contribution >= 0.6 is 0 Å². The number of carbonyl (C=O) groups is 2. The van der Waals surface area contributed by atoms with Crippen molar-refractivity contribution >= 4 is 11.8 Å². The van der Waals surface area contributed by atoms with Gasteiger partial charge in [0.15, 0.2) is 5.78 Å². The van der Waals surface area contributed by atoms with Crippen molar-refractivity contribution in [1.29, 1.82) is 0 Å². The first kappa shape index (κ1) is 38.5. The Morgan fingerprint density at radius 3 is 2.26 bits per heavy atom. The van der Waals surface area contributed by atoms with Crippen molar-refractivity contribution in [3.8, 4) is 0 Å². The summed E-state index contributed by atoms with van der Waals surface area (Å²) in [7, 11) is 2.86. The Balaban J connectivity index is 3.46. The second kappa shape index (κ2) is 18.3. The van der Waals surface area contributed by atoms with Gasteiger partial charge in [-0.2, -0.15) is 0 Å². The van der Waals surface area contributed by atoms with Crippen molar-refractivity contribution < 1.29 is 39.1 Å². The molecule has 0 spiro atoms. The number of ketones is 1. The predicted octanol–water partition coefficient (Wildman–Crippen LogP) is 5.34. The van der Waals surface area contributed by atoms with Gasteiger partial charge in [-0.25, -0.2) is 4.79 Å². The van der Waals surface area contributed by atoms with Crippen LogP contribution in [0.2, 0.25) is 0 Å². The number of cyclic esters (lactones) is 1. The van der Waals surface area contributed by atoms with Crippen LogP contribution in [0.3, 0.4) is 0 Å². The van der Waals surface area contributed by atoms with E-state index in [1.54, 1.807) is 32.1 Å². The summed E-state index contributed by atoms with van der Waals surface area (Å²) in [6.07, 6.45) is 8.65. The number of carbonyl (C=O) groups excluding carboxylic acids is 2. The summed E-state index contributed by atoms with van der Waals surface area (Å²) < 4.78 is 17.0. The fourth-order valence-corrected chi connectivity index (χ4v) is 5.43. The average molecular weight is 605 g/mol. The number of allylic oxidation sites excluding steroid dienone is 6. The van der Waals surface area contributed by atoms with E-state index in [2.05, 4.69) is 0 Å². The van der Waals surface area contributed by atoms with Crippen LogP contribution in [-0.2, 0) is 23.8 Å². The molecule has 0 amide bonds. The molecule has 0 radical (unpaired) electrons. The number of hydrogen-bond donors (Lipinski definition) is 3. The highest BCUT2D eigenvalue weighted by atomic mass is 16.6. The van der Waals surface area contributed by atoms with Crippen LogP contribution in [0.15, 0.2) is 59.4 Å². The zero-order chi connectivity index (χ0) is 33.0. The third-order valence-electron chi connectivity index (χ3n) is 8.40. The van der Waals surface area contributed by atoms with Gasteiger partial charge < -0.3 is 29.5 Å². The molecule has 0 bridgehead atoms. The minimum absolute atomic E-state index is 0.00159. The summed E-state index contributed by atoms with van der Waals surface area (Å²) in [5.41, 5.74) is 1.78. The van der Waals surface area contributed by atoms with E-state index < -0.39 is 48.3 Å². The van der Waals surface area contributed by atoms with E-state index in [0.29, 0.717) is 6.42 Å². The molecule has 10 atom stereocenters. The lowest BCUT2D eigenvalue weighted by atomic mass is 9.84. The number of hydrogen-bond acceptors (Lipinski definition) is 8. The van der Waals surface area contributed by atoms with Crippen molar-refractivity contribution in [2.24, 2.45) is 35.5 Å². The molecular formula is C35H56O8. The van der Waals surface area contributed by atoms with Gasteiger partial charge in [-0.1, -0.05) is 90.0 Å². The Bertz CT molecular complexity index is 1050. The van der Waals surface area contributed by atoms with Gasteiger partial charge in [-0.3, -0.25) is 4.79 Å². The normalized spacial score (nSPS) is 32.7. The molecule has 0 aliphatic carbocycles. The highest BCUT2D eigenvalue weighted by Crippen LogP contribution is 2.27. The van der Waals surface area contributed by atoms with E-state index in [-0.39, 0.29) is 35.2 Å². The molecule has 3 N–H and O–H groups in total. The molecule has 8 heteroatoms. The fraction of sp³-hybridized carbons (Fsp3) is 0.657. The first-order valence-corrected chi connectivity index (χ1v) is 15.3. The van der Waals surface area contributed by atoms with Crippen molar-refractivity contribution in [2.45, 2.75) is 99.3 Å². The van der Waals surface area contributed by atoms with Crippen LogP contribution in [0.1, 0.15) is 68.7 Å². The molecule has 1 aliphatic heterocycles. The summed E-state index contributed by atoms with van der Waals surface area (Å²) in [4.78, 5) is 26.4. The van der Waals surface area contributed by atoms with Crippen LogP contribution < -0.4 is 0 Å². The molecule has 0 unspecified atom stereocenters. The highest BCUT2D eigenvalue weighted by molar-refractivity contribution is 5.92. The van der Waals surface area contributed by atoms with E-state index in [4.69, 9.17) is 14.2 Å². The van der Waals surface area contributed by atoms with E-state index >= 15 is 0 Å². The van der Waals surface area contributed by atoms with Crippen LogP contribution in [0.4, 0.5) is 0 Å². The van der Waals surface area contributed by atoms with Gasteiger partial charge in [-0.15, -0.1) is 0 Å². The SMILES string of the molecule is CO/C1=C/C(C)=C\[C@@H](C)[C@@H](O)[C@@H](C)C/C(C)=C\C=C/[C@H](OC)[C@@H]([C@@H](C)[C@@H](O)[C@H](C)C(=O)/C=C/[C@H](C)[C@H](O)C(C)C)OC1=O. The second-order valence-corrected chi connectivity index (χ2v) is 12.6. The third kappa shape index (κ3) is 11.8. The summed E-state index contributed by atoms with van der Waals surface area (Å²) >= 11 is 0. The van der Waals surface area contributed by atoms with Gasteiger partial charge >= 0.3 is 5.97 Å². The third-order valence-corrected chi connectivity index (χ3v) is 8.40. The van der Waals surface area contributed by atoms with Gasteiger partial charge in [0.25, 0.3) is 0 Å². The van der Waals surface area contributed by atoms with Gasteiger partial charge in [0.05, 0.1) is 25.4 Å². The van der Waals surface area contributed by atoms with Gasteiger partial charge in [-0.05, 0) is 44.3 Å². The molecule has 0 aromatic heterocycles. The molecule has 0 aromatic rings. The number of rotatable bonds is 10. The predicted molar refractivity (Wildman–Crippen MR) is 170 cm³/mol. The molecule has 1 aliphatic rings. The second-order valence-electron chi connectivity index (χ2n) is 12.6. The van der Waals surface area contributed by atoms with E-state index in [9.17, 15) is 24.9 Å². The van der Waals surface area contributed by atoms with Gasteiger partial charge in [0.1, 0.15) is 12.2 Å². The first-order valence-electron chi connectivity index (χ1n) is 15.3.